The summed E-state index contributed by atoms with van der Waals surface area (Å²) in [5.41, 5.74) is 2.42. The van der Waals surface area contributed by atoms with Crippen LogP contribution in [0.2, 0.25) is 0 Å². The summed E-state index contributed by atoms with van der Waals surface area (Å²) in [6.07, 6.45) is 0. The Morgan fingerprint density at radius 3 is 2.73 bits per heavy atom. The van der Waals surface area contributed by atoms with Crippen LogP contribution in [0.25, 0.3) is 0 Å². The van der Waals surface area contributed by atoms with E-state index in [1.807, 2.05) is 30.3 Å². The van der Waals surface area contributed by atoms with Gasteiger partial charge in [-0.1, -0.05) is 18.2 Å². The molecule has 0 amide bonds. The number of nitrogens with one attached hydrogen (secondary N) is 1. The van der Waals surface area contributed by atoms with Gasteiger partial charge in [0, 0.05) is 5.69 Å². The summed E-state index contributed by atoms with van der Waals surface area (Å²) in [5.74, 6) is -1.02. The molecule has 0 atom stereocenters. The van der Waals surface area contributed by atoms with E-state index >= 15 is 0 Å². The van der Waals surface area contributed by atoms with Crippen LogP contribution in [0.5, 0.6) is 0 Å². The van der Waals surface area contributed by atoms with Crippen molar-refractivity contribution >= 4 is 28.0 Å². The van der Waals surface area contributed by atoms with E-state index < -0.39 is 5.97 Å². The molecule has 76 valence electrons. The van der Waals surface area contributed by atoms with E-state index in [-0.39, 0.29) is 5.69 Å². The lowest BCUT2D eigenvalue weighted by Gasteiger charge is -2.03. The lowest BCUT2D eigenvalue weighted by Crippen LogP contribution is -2.00. The van der Waals surface area contributed by atoms with E-state index in [1.54, 1.807) is 0 Å². The molecule has 0 fully saturated rings. The van der Waals surface area contributed by atoms with Gasteiger partial charge in [0.25, 0.3) is 0 Å². The molecule has 2 N–H and O–H groups in total. The monoisotopic (exact) mass is 220 g/mol. The highest BCUT2D eigenvalue weighted by Crippen LogP contribution is 2.24. The maximum atomic E-state index is 10.8. The van der Waals surface area contributed by atoms with E-state index in [0.29, 0.717) is 5.00 Å². The first kappa shape index (κ1) is 9.67. The second kappa shape index (κ2) is 4.10. The third kappa shape index (κ3) is 2.13. The fraction of sp³-hybridized carbons (Fsp3) is 0. The molecule has 0 aliphatic carbocycles. The molecule has 0 aliphatic rings. The Kier molecular flexibility index (Phi) is 2.64. The normalized spacial score (nSPS) is 9.87. The third-order valence-corrected chi connectivity index (χ3v) is 2.54. The number of carboxylic acids is 1. The fourth-order valence-corrected chi connectivity index (χ4v) is 1.83. The molecule has 0 saturated heterocycles. The zero-order valence-electron chi connectivity index (χ0n) is 7.68. The minimum absolute atomic E-state index is 0.0591. The third-order valence-electron chi connectivity index (χ3n) is 1.80. The van der Waals surface area contributed by atoms with Crippen LogP contribution in [-0.4, -0.2) is 16.1 Å². The number of benzene rings is 1. The molecular formula is C10H8N2O2S. The van der Waals surface area contributed by atoms with Gasteiger partial charge >= 0.3 is 5.97 Å². The fourth-order valence-electron chi connectivity index (χ4n) is 1.14. The van der Waals surface area contributed by atoms with Gasteiger partial charge in [-0.05, 0) is 12.1 Å². The summed E-state index contributed by atoms with van der Waals surface area (Å²) in [5, 5.41) is 12.4. The van der Waals surface area contributed by atoms with Crippen molar-refractivity contribution in [3.05, 3.63) is 41.5 Å². The van der Waals surface area contributed by atoms with Crippen LogP contribution in [-0.2, 0) is 0 Å². The molecule has 0 bridgehead atoms. The number of rotatable bonds is 3. The van der Waals surface area contributed by atoms with Crippen LogP contribution in [0, 0.1) is 0 Å². The molecular weight excluding hydrogens is 212 g/mol. The molecule has 0 unspecified atom stereocenters. The first-order valence-corrected chi connectivity index (χ1v) is 5.14. The number of carboxylic acid groups (broad SMARTS) is 1. The molecule has 15 heavy (non-hydrogen) atoms. The van der Waals surface area contributed by atoms with Crippen LogP contribution in [0.15, 0.2) is 35.8 Å². The zero-order chi connectivity index (χ0) is 10.7. The second-order valence-corrected chi connectivity index (χ2v) is 3.68. The topological polar surface area (TPSA) is 62.2 Å². The van der Waals surface area contributed by atoms with Crippen molar-refractivity contribution in [1.82, 2.24) is 4.98 Å². The van der Waals surface area contributed by atoms with Crippen LogP contribution in [0.4, 0.5) is 10.7 Å². The van der Waals surface area contributed by atoms with Crippen molar-refractivity contribution < 1.29 is 9.90 Å². The SMILES string of the molecule is O=C(O)c1ncsc1Nc1ccccc1. The summed E-state index contributed by atoms with van der Waals surface area (Å²) < 4.78 is 0. The molecule has 2 aromatic rings. The Balaban J connectivity index is 2.25. The number of aromatic nitrogens is 1. The summed E-state index contributed by atoms with van der Waals surface area (Å²) in [6, 6.07) is 9.39. The average molecular weight is 220 g/mol. The molecule has 1 aromatic heterocycles. The maximum Gasteiger partial charge on any atom is 0.357 e. The van der Waals surface area contributed by atoms with E-state index in [4.69, 9.17) is 5.11 Å². The minimum atomic E-state index is -1.02. The standard InChI is InChI=1S/C10H8N2O2S/c13-10(14)8-9(15-6-11-8)12-7-4-2-1-3-5-7/h1-6,12H,(H,13,14). The quantitative estimate of drug-likeness (QED) is 0.834. The summed E-state index contributed by atoms with van der Waals surface area (Å²) >= 11 is 1.27. The van der Waals surface area contributed by atoms with Crippen molar-refractivity contribution in [2.75, 3.05) is 5.32 Å². The van der Waals surface area contributed by atoms with Crippen LogP contribution in [0.3, 0.4) is 0 Å². The van der Waals surface area contributed by atoms with Gasteiger partial charge in [-0.2, -0.15) is 0 Å². The van der Waals surface area contributed by atoms with Gasteiger partial charge in [0.2, 0.25) is 0 Å². The van der Waals surface area contributed by atoms with Crippen molar-refractivity contribution in [2.45, 2.75) is 0 Å². The molecule has 1 aromatic carbocycles. The van der Waals surface area contributed by atoms with Gasteiger partial charge in [-0.15, -0.1) is 11.3 Å². The van der Waals surface area contributed by atoms with Gasteiger partial charge in [0.05, 0.1) is 5.51 Å². The van der Waals surface area contributed by atoms with Crippen molar-refractivity contribution in [2.24, 2.45) is 0 Å². The predicted molar refractivity (Wildman–Crippen MR) is 58.8 cm³/mol. The van der Waals surface area contributed by atoms with Gasteiger partial charge in [0.1, 0.15) is 5.00 Å². The molecule has 5 heteroatoms. The van der Waals surface area contributed by atoms with Crippen molar-refractivity contribution in [3.63, 3.8) is 0 Å². The Hall–Kier alpha value is -1.88. The summed E-state index contributed by atoms with van der Waals surface area (Å²) in [7, 11) is 0. The summed E-state index contributed by atoms with van der Waals surface area (Å²) in [4.78, 5) is 14.5. The van der Waals surface area contributed by atoms with Crippen LogP contribution in [0.1, 0.15) is 10.5 Å². The number of anilines is 2. The highest BCUT2D eigenvalue weighted by Gasteiger charge is 2.12. The molecule has 0 radical (unpaired) electrons. The van der Waals surface area contributed by atoms with E-state index in [1.165, 1.54) is 16.8 Å². The lowest BCUT2D eigenvalue weighted by molar-refractivity contribution is 0.0692. The Bertz CT molecular complexity index is 467. The average Bonchev–Trinajstić information content (AvgIpc) is 2.67. The predicted octanol–water partition coefficient (Wildman–Crippen LogP) is 2.58. The van der Waals surface area contributed by atoms with E-state index in [0.717, 1.165) is 5.69 Å². The number of thiazole rings is 1. The number of carbonyl (C=O) groups is 1. The number of nitrogens with zero attached hydrogens (tertiary/aromatic N) is 1. The first-order chi connectivity index (χ1) is 7.27. The molecule has 2 rings (SSSR count). The lowest BCUT2D eigenvalue weighted by atomic mass is 10.3. The number of para-hydroxylation sites is 1. The molecule has 0 spiro atoms. The largest absolute Gasteiger partial charge is 0.476 e. The van der Waals surface area contributed by atoms with E-state index in [9.17, 15) is 4.79 Å². The van der Waals surface area contributed by atoms with Crippen LogP contribution >= 0.6 is 11.3 Å². The highest BCUT2D eigenvalue weighted by atomic mass is 32.1. The Morgan fingerprint density at radius 2 is 2.07 bits per heavy atom. The smallest absolute Gasteiger partial charge is 0.357 e. The van der Waals surface area contributed by atoms with E-state index in [2.05, 4.69) is 10.3 Å². The highest BCUT2D eigenvalue weighted by molar-refractivity contribution is 7.14. The number of hydrogen-bond acceptors (Lipinski definition) is 4. The second-order valence-electron chi connectivity index (χ2n) is 2.83. The van der Waals surface area contributed by atoms with Gasteiger partial charge in [0.15, 0.2) is 5.69 Å². The Labute approximate surface area is 90.2 Å². The molecule has 1 heterocycles. The van der Waals surface area contributed by atoms with Gasteiger partial charge < -0.3 is 10.4 Å². The molecule has 0 aliphatic heterocycles. The first-order valence-electron chi connectivity index (χ1n) is 4.26. The number of hydrogen-bond donors (Lipinski definition) is 2. The minimum Gasteiger partial charge on any atom is -0.476 e. The molecule has 0 saturated carbocycles. The van der Waals surface area contributed by atoms with Gasteiger partial charge in [-0.3, -0.25) is 0 Å². The zero-order valence-corrected chi connectivity index (χ0v) is 8.49. The van der Waals surface area contributed by atoms with Gasteiger partial charge in [-0.25, -0.2) is 9.78 Å². The summed E-state index contributed by atoms with van der Waals surface area (Å²) in [6.45, 7) is 0. The van der Waals surface area contributed by atoms with Crippen LogP contribution < -0.4 is 5.32 Å². The molecule has 4 nitrogen and oxygen atoms in total. The number of aromatic carboxylic acids is 1. The maximum absolute atomic E-state index is 10.8. The van der Waals surface area contributed by atoms with Crippen molar-refractivity contribution in [3.8, 4) is 0 Å². The van der Waals surface area contributed by atoms with Crippen molar-refractivity contribution in [1.29, 1.82) is 0 Å². The Morgan fingerprint density at radius 1 is 1.33 bits per heavy atom.